The molecule has 6 nitrogen and oxygen atoms in total. The maximum absolute atomic E-state index is 9.87. The third-order valence-electron chi connectivity index (χ3n) is 3.26. The fraction of sp³-hybridized carbons (Fsp3) is 0.125. The Labute approximate surface area is 139 Å². The number of phenolic OH excluding ortho intramolecular Hbond substituents is 1. The second-order valence-electron chi connectivity index (χ2n) is 4.63. The highest BCUT2D eigenvalue weighted by Crippen LogP contribution is 2.42. The maximum Gasteiger partial charge on any atom is 0.186 e. The van der Waals surface area contributed by atoms with Crippen LogP contribution < -0.4 is 26.1 Å². The van der Waals surface area contributed by atoms with E-state index in [1.165, 1.54) is 37.6 Å². The summed E-state index contributed by atoms with van der Waals surface area (Å²) in [5, 5.41) is 11.8. The van der Waals surface area contributed by atoms with Crippen LogP contribution in [0, 0.1) is 0 Å². The molecule has 0 spiro atoms. The first-order valence-corrected chi connectivity index (χ1v) is 7.07. The minimum Gasteiger partial charge on any atom is -0.508 e. The number of hydrazine groups is 1. The number of phenols is 1. The Morgan fingerprint density at radius 3 is 2.35 bits per heavy atom. The van der Waals surface area contributed by atoms with Gasteiger partial charge < -0.3 is 20.3 Å². The average molecular weight is 336 g/mol. The molecule has 0 atom stereocenters. The van der Waals surface area contributed by atoms with E-state index in [0.29, 0.717) is 27.9 Å². The highest BCUT2D eigenvalue weighted by atomic mass is 35.5. The van der Waals surface area contributed by atoms with Crippen LogP contribution >= 0.6 is 11.6 Å². The number of nitrogens with zero attached hydrogens (tertiary/aromatic N) is 1. The quantitative estimate of drug-likeness (QED) is 0.574. The van der Waals surface area contributed by atoms with Gasteiger partial charge in [0.05, 0.1) is 19.9 Å². The molecule has 2 aromatic carbocycles. The summed E-state index contributed by atoms with van der Waals surface area (Å²) in [6.45, 7) is 0. The molecule has 0 aliphatic rings. The van der Waals surface area contributed by atoms with Crippen LogP contribution in [0.1, 0.15) is 5.56 Å². The van der Waals surface area contributed by atoms with Crippen molar-refractivity contribution in [3.63, 3.8) is 0 Å². The molecule has 2 rings (SSSR count). The number of halogens is 1. The average Bonchev–Trinajstić information content (AvgIpc) is 2.56. The van der Waals surface area contributed by atoms with E-state index >= 15 is 0 Å². The van der Waals surface area contributed by atoms with Gasteiger partial charge in [-0.25, -0.2) is 5.84 Å². The first-order chi connectivity index (χ1) is 11.0. The molecule has 0 amide bonds. The molecule has 7 heteroatoms. The maximum atomic E-state index is 9.87. The third-order valence-corrected chi connectivity index (χ3v) is 3.51. The molecule has 23 heavy (non-hydrogen) atoms. The summed E-state index contributed by atoms with van der Waals surface area (Å²) in [5.41, 5.74) is 7.39. The van der Waals surface area contributed by atoms with Gasteiger partial charge in [-0.2, -0.15) is 0 Å². The van der Waals surface area contributed by atoms with Crippen molar-refractivity contribution in [3.05, 3.63) is 53.2 Å². The lowest BCUT2D eigenvalue weighted by atomic mass is 10.1. The van der Waals surface area contributed by atoms with E-state index in [1.54, 1.807) is 24.3 Å². The molecule has 0 bridgehead atoms. The number of hydrogen-bond acceptors (Lipinski definition) is 6. The summed E-state index contributed by atoms with van der Waals surface area (Å²) in [7, 11) is 2.96. The first-order valence-electron chi connectivity index (χ1n) is 6.69. The van der Waals surface area contributed by atoms with Gasteiger partial charge in [0, 0.05) is 28.9 Å². The van der Waals surface area contributed by atoms with Gasteiger partial charge in [0.15, 0.2) is 11.5 Å². The topological polar surface area (TPSA) is 94.0 Å². The number of hydrogen-bond donors (Lipinski definition) is 3. The third kappa shape index (κ3) is 3.44. The van der Waals surface area contributed by atoms with Crippen molar-refractivity contribution in [3.8, 4) is 17.2 Å². The minimum absolute atomic E-state index is 0.0134. The molecule has 0 aliphatic carbocycles. The smallest absolute Gasteiger partial charge is 0.186 e. The SMILES string of the molecule is COc1cc(O)cc(N(N)/C(=C\N)c2ccc(Cl)cc2)c1OC. The van der Waals surface area contributed by atoms with Gasteiger partial charge in [-0.15, -0.1) is 0 Å². The van der Waals surface area contributed by atoms with Crippen LogP contribution in [0.4, 0.5) is 5.69 Å². The summed E-state index contributed by atoms with van der Waals surface area (Å²) in [5.74, 6) is 6.91. The highest BCUT2D eigenvalue weighted by Gasteiger charge is 2.19. The standard InChI is InChI=1S/C16H18ClN3O3/c1-22-15-8-12(21)7-13(16(15)23-2)20(19)14(9-18)10-3-5-11(17)6-4-10/h3-9,21H,18-19H2,1-2H3/b14-9-. The molecule has 0 aromatic heterocycles. The molecule has 0 radical (unpaired) electrons. The van der Waals surface area contributed by atoms with Gasteiger partial charge in [-0.3, -0.25) is 5.01 Å². The summed E-state index contributed by atoms with van der Waals surface area (Å²) >= 11 is 5.90. The van der Waals surface area contributed by atoms with Gasteiger partial charge in [-0.1, -0.05) is 23.7 Å². The molecule has 0 saturated carbocycles. The highest BCUT2D eigenvalue weighted by molar-refractivity contribution is 6.30. The van der Waals surface area contributed by atoms with Crippen LogP contribution in [0.2, 0.25) is 5.02 Å². The Hall–Kier alpha value is -2.57. The number of aromatic hydroxyl groups is 1. The van der Waals surface area contributed by atoms with Gasteiger partial charge in [0.1, 0.15) is 11.4 Å². The fourth-order valence-electron chi connectivity index (χ4n) is 2.18. The number of rotatable bonds is 5. The van der Waals surface area contributed by atoms with Gasteiger partial charge in [-0.05, 0) is 12.1 Å². The number of nitrogens with two attached hydrogens (primary N) is 2. The van der Waals surface area contributed by atoms with Crippen molar-refractivity contribution in [2.45, 2.75) is 0 Å². The first kappa shape index (κ1) is 16.8. The predicted octanol–water partition coefficient (Wildman–Crippen LogP) is 2.70. The molecule has 2 aromatic rings. The van der Waals surface area contributed by atoms with E-state index in [4.69, 9.17) is 32.7 Å². The predicted molar refractivity (Wildman–Crippen MR) is 91.5 cm³/mol. The van der Waals surface area contributed by atoms with E-state index in [1.807, 2.05) is 0 Å². The van der Waals surface area contributed by atoms with E-state index in [-0.39, 0.29) is 5.75 Å². The van der Waals surface area contributed by atoms with Crippen LogP contribution in [-0.4, -0.2) is 19.3 Å². The molecular formula is C16H18ClN3O3. The summed E-state index contributed by atoms with van der Waals surface area (Å²) in [4.78, 5) is 0. The summed E-state index contributed by atoms with van der Waals surface area (Å²) in [6.07, 6.45) is 1.36. The lowest BCUT2D eigenvalue weighted by Gasteiger charge is -2.25. The van der Waals surface area contributed by atoms with Crippen LogP contribution in [0.5, 0.6) is 17.2 Å². The zero-order chi connectivity index (χ0) is 17.0. The van der Waals surface area contributed by atoms with E-state index < -0.39 is 0 Å². The normalized spacial score (nSPS) is 11.2. The van der Waals surface area contributed by atoms with Gasteiger partial charge >= 0.3 is 0 Å². The molecule has 5 N–H and O–H groups in total. The number of ether oxygens (including phenoxy) is 2. The molecule has 0 aliphatic heterocycles. The van der Waals surface area contributed by atoms with Crippen molar-refractivity contribution in [2.75, 3.05) is 19.2 Å². The van der Waals surface area contributed by atoms with Crippen LogP contribution in [-0.2, 0) is 0 Å². The van der Waals surface area contributed by atoms with Gasteiger partial charge in [0.2, 0.25) is 0 Å². The van der Waals surface area contributed by atoms with Crippen molar-refractivity contribution in [1.29, 1.82) is 0 Å². The van der Waals surface area contributed by atoms with Gasteiger partial charge in [0.25, 0.3) is 0 Å². The second kappa shape index (κ2) is 7.13. The number of anilines is 1. The molecular weight excluding hydrogens is 318 g/mol. The Morgan fingerprint density at radius 2 is 1.83 bits per heavy atom. The molecule has 0 saturated heterocycles. The summed E-state index contributed by atoms with van der Waals surface area (Å²) < 4.78 is 10.6. The van der Waals surface area contributed by atoms with Crippen molar-refractivity contribution in [1.82, 2.24) is 0 Å². The van der Waals surface area contributed by atoms with E-state index in [9.17, 15) is 5.11 Å². The monoisotopic (exact) mass is 335 g/mol. The molecule has 0 fully saturated rings. The Bertz CT molecular complexity index is 717. The zero-order valence-corrected chi connectivity index (χ0v) is 13.5. The largest absolute Gasteiger partial charge is 0.508 e. The minimum atomic E-state index is -0.0134. The van der Waals surface area contributed by atoms with Crippen molar-refractivity contribution < 1.29 is 14.6 Å². The molecule has 0 unspecified atom stereocenters. The van der Waals surface area contributed by atoms with Crippen LogP contribution in [0.3, 0.4) is 0 Å². The number of methoxy groups -OCH3 is 2. The lowest BCUT2D eigenvalue weighted by molar-refractivity contribution is 0.352. The Kier molecular flexibility index (Phi) is 5.20. The molecule has 0 heterocycles. The van der Waals surface area contributed by atoms with Crippen molar-refractivity contribution >= 4 is 23.0 Å². The Morgan fingerprint density at radius 1 is 1.17 bits per heavy atom. The van der Waals surface area contributed by atoms with Crippen LogP contribution in [0.25, 0.3) is 5.70 Å². The molecule has 122 valence electrons. The van der Waals surface area contributed by atoms with Crippen molar-refractivity contribution in [2.24, 2.45) is 11.6 Å². The fourth-order valence-corrected chi connectivity index (χ4v) is 2.30. The van der Waals surface area contributed by atoms with E-state index in [0.717, 1.165) is 5.56 Å². The van der Waals surface area contributed by atoms with E-state index in [2.05, 4.69) is 0 Å². The summed E-state index contributed by atoms with van der Waals surface area (Å²) in [6, 6.07) is 9.93. The number of benzene rings is 2. The Balaban J connectivity index is 2.52. The zero-order valence-electron chi connectivity index (χ0n) is 12.8. The van der Waals surface area contributed by atoms with Crippen LogP contribution in [0.15, 0.2) is 42.6 Å². The second-order valence-corrected chi connectivity index (χ2v) is 5.07. The lowest BCUT2D eigenvalue weighted by Crippen LogP contribution is -2.30.